The summed E-state index contributed by atoms with van der Waals surface area (Å²) in [4.78, 5) is 17.0. The average molecular weight is 255 g/mol. The van der Waals surface area contributed by atoms with E-state index in [0.717, 1.165) is 12.6 Å². The number of nitrogens with zero attached hydrogens (tertiary/aromatic N) is 2. The molecular formula is C12H18FN3O2. The highest BCUT2D eigenvalue weighted by molar-refractivity contribution is 5.93. The molecule has 1 aromatic heterocycles. The minimum atomic E-state index is -0.599. The molecule has 0 aromatic carbocycles. The summed E-state index contributed by atoms with van der Waals surface area (Å²) in [5.41, 5.74) is 0.338. The summed E-state index contributed by atoms with van der Waals surface area (Å²) in [5.74, 6) is -0.878. The van der Waals surface area contributed by atoms with Crippen LogP contribution in [0.5, 0.6) is 0 Å². The Morgan fingerprint density at radius 2 is 2.22 bits per heavy atom. The molecule has 0 saturated carbocycles. The highest BCUT2D eigenvalue weighted by Gasteiger charge is 2.04. The molecule has 1 N–H and O–H groups in total. The second-order valence-electron chi connectivity index (χ2n) is 4.04. The molecule has 1 amide bonds. The van der Waals surface area contributed by atoms with E-state index in [1.165, 1.54) is 12.3 Å². The van der Waals surface area contributed by atoms with Crippen LogP contribution in [-0.2, 0) is 4.74 Å². The topological polar surface area (TPSA) is 54.5 Å². The Labute approximate surface area is 106 Å². The van der Waals surface area contributed by atoms with Crippen LogP contribution in [0.4, 0.5) is 4.39 Å². The Hall–Kier alpha value is -1.53. The Bertz CT molecular complexity index is 368. The first-order valence-corrected chi connectivity index (χ1v) is 5.72. The molecule has 1 aromatic rings. The van der Waals surface area contributed by atoms with E-state index in [4.69, 9.17) is 4.74 Å². The summed E-state index contributed by atoms with van der Waals surface area (Å²) in [7, 11) is 3.93. The average Bonchev–Trinajstić information content (AvgIpc) is 2.34. The van der Waals surface area contributed by atoms with Gasteiger partial charge >= 0.3 is 0 Å². The summed E-state index contributed by atoms with van der Waals surface area (Å²) >= 11 is 0. The van der Waals surface area contributed by atoms with Crippen molar-refractivity contribution in [2.45, 2.75) is 0 Å². The molecule has 1 rings (SSSR count). The molecule has 0 unspecified atom stereocenters. The molecule has 18 heavy (non-hydrogen) atoms. The zero-order valence-corrected chi connectivity index (χ0v) is 10.6. The van der Waals surface area contributed by atoms with Crippen LogP contribution in [0.3, 0.4) is 0 Å². The van der Waals surface area contributed by atoms with Crippen molar-refractivity contribution in [2.75, 3.05) is 40.4 Å². The van der Waals surface area contributed by atoms with Crippen LogP contribution in [0.2, 0.25) is 0 Å². The number of pyridine rings is 1. The lowest BCUT2D eigenvalue weighted by Gasteiger charge is -2.10. The highest BCUT2D eigenvalue weighted by atomic mass is 19.1. The van der Waals surface area contributed by atoms with Gasteiger partial charge < -0.3 is 15.0 Å². The van der Waals surface area contributed by atoms with Gasteiger partial charge in [-0.3, -0.25) is 4.79 Å². The van der Waals surface area contributed by atoms with Gasteiger partial charge in [0.1, 0.15) is 0 Å². The van der Waals surface area contributed by atoms with E-state index < -0.39 is 5.95 Å². The van der Waals surface area contributed by atoms with Gasteiger partial charge in [0.25, 0.3) is 5.91 Å². The monoisotopic (exact) mass is 255 g/mol. The van der Waals surface area contributed by atoms with Crippen LogP contribution in [0.25, 0.3) is 0 Å². The largest absolute Gasteiger partial charge is 0.378 e. The SMILES string of the molecule is CN(C)CCOCCNC(=O)c1ccc(F)nc1. The molecule has 0 fully saturated rings. The zero-order valence-electron chi connectivity index (χ0n) is 10.6. The number of rotatable bonds is 7. The standard InChI is InChI=1S/C12H18FN3O2/c1-16(2)6-8-18-7-5-14-12(17)10-3-4-11(13)15-9-10/h3-4,9H,5-8H2,1-2H3,(H,14,17). The van der Waals surface area contributed by atoms with Crippen LogP contribution in [-0.4, -0.2) is 56.2 Å². The predicted octanol–water partition coefficient (Wildman–Crippen LogP) is 0.529. The maximum atomic E-state index is 12.5. The minimum absolute atomic E-state index is 0.279. The summed E-state index contributed by atoms with van der Waals surface area (Å²) in [5, 5.41) is 2.67. The lowest BCUT2D eigenvalue weighted by molar-refractivity contribution is 0.0900. The molecule has 0 radical (unpaired) electrons. The molecule has 0 spiro atoms. The molecule has 0 saturated heterocycles. The second kappa shape index (κ2) is 7.73. The first-order valence-electron chi connectivity index (χ1n) is 5.72. The van der Waals surface area contributed by atoms with E-state index in [2.05, 4.69) is 10.3 Å². The molecule has 100 valence electrons. The van der Waals surface area contributed by atoms with Crippen molar-refractivity contribution in [1.29, 1.82) is 0 Å². The van der Waals surface area contributed by atoms with Crippen molar-refractivity contribution in [3.8, 4) is 0 Å². The summed E-state index contributed by atoms with van der Waals surface area (Å²) in [6.45, 7) is 2.34. The van der Waals surface area contributed by atoms with Gasteiger partial charge in [-0.25, -0.2) is 4.98 Å². The highest BCUT2D eigenvalue weighted by Crippen LogP contribution is 1.98. The number of hydrogen-bond acceptors (Lipinski definition) is 4. The van der Waals surface area contributed by atoms with Crippen LogP contribution >= 0.6 is 0 Å². The van der Waals surface area contributed by atoms with E-state index in [1.54, 1.807) is 0 Å². The van der Waals surface area contributed by atoms with Crippen molar-refractivity contribution in [2.24, 2.45) is 0 Å². The van der Waals surface area contributed by atoms with Gasteiger partial charge in [-0.05, 0) is 26.2 Å². The Kier molecular flexibility index (Phi) is 6.24. The van der Waals surface area contributed by atoms with Gasteiger partial charge in [0.05, 0.1) is 18.8 Å². The Balaban J connectivity index is 2.16. The first kappa shape index (κ1) is 14.5. The van der Waals surface area contributed by atoms with E-state index in [0.29, 0.717) is 25.3 Å². The van der Waals surface area contributed by atoms with Crippen LogP contribution in [0.15, 0.2) is 18.3 Å². The van der Waals surface area contributed by atoms with E-state index in [9.17, 15) is 9.18 Å². The molecule has 0 atom stereocenters. The Morgan fingerprint density at radius 3 is 2.83 bits per heavy atom. The number of halogens is 1. The molecule has 0 bridgehead atoms. The molecular weight excluding hydrogens is 237 g/mol. The first-order chi connectivity index (χ1) is 8.59. The van der Waals surface area contributed by atoms with Gasteiger partial charge in [0.15, 0.2) is 0 Å². The van der Waals surface area contributed by atoms with Gasteiger partial charge in [-0.2, -0.15) is 4.39 Å². The number of likely N-dealkylation sites (N-methyl/N-ethyl adjacent to an activating group) is 1. The van der Waals surface area contributed by atoms with Gasteiger partial charge in [0.2, 0.25) is 5.95 Å². The minimum Gasteiger partial charge on any atom is -0.378 e. The molecule has 0 aliphatic heterocycles. The van der Waals surface area contributed by atoms with Gasteiger partial charge in [-0.1, -0.05) is 0 Å². The smallest absolute Gasteiger partial charge is 0.252 e. The van der Waals surface area contributed by atoms with Crippen LogP contribution in [0.1, 0.15) is 10.4 Å². The molecule has 0 aliphatic rings. The van der Waals surface area contributed by atoms with E-state index in [1.807, 2.05) is 19.0 Å². The van der Waals surface area contributed by atoms with E-state index >= 15 is 0 Å². The summed E-state index contributed by atoms with van der Waals surface area (Å²) < 4.78 is 17.9. The summed E-state index contributed by atoms with van der Waals surface area (Å²) in [6, 6.07) is 2.55. The molecule has 6 heteroatoms. The number of carbonyl (C=O) groups is 1. The maximum absolute atomic E-state index is 12.5. The number of nitrogens with one attached hydrogen (secondary N) is 1. The summed E-state index contributed by atoms with van der Waals surface area (Å²) in [6.07, 6.45) is 1.21. The van der Waals surface area contributed by atoms with Crippen molar-refractivity contribution in [3.63, 3.8) is 0 Å². The van der Waals surface area contributed by atoms with Crippen LogP contribution in [0, 0.1) is 5.95 Å². The fourth-order valence-electron chi connectivity index (χ4n) is 1.20. The fourth-order valence-corrected chi connectivity index (χ4v) is 1.20. The number of aromatic nitrogens is 1. The third kappa shape index (κ3) is 5.70. The van der Waals surface area contributed by atoms with Crippen molar-refractivity contribution < 1.29 is 13.9 Å². The second-order valence-corrected chi connectivity index (χ2v) is 4.04. The number of hydrogen-bond donors (Lipinski definition) is 1. The third-order valence-electron chi connectivity index (χ3n) is 2.20. The van der Waals surface area contributed by atoms with Crippen molar-refractivity contribution in [1.82, 2.24) is 15.2 Å². The normalized spacial score (nSPS) is 10.7. The van der Waals surface area contributed by atoms with Crippen molar-refractivity contribution >= 4 is 5.91 Å². The third-order valence-corrected chi connectivity index (χ3v) is 2.20. The van der Waals surface area contributed by atoms with E-state index in [-0.39, 0.29) is 5.91 Å². The molecule has 0 aliphatic carbocycles. The zero-order chi connectivity index (χ0) is 13.4. The lowest BCUT2D eigenvalue weighted by atomic mass is 10.3. The van der Waals surface area contributed by atoms with Gasteiger partial charge in [0, 0.05) is 19.3 Å². The number of ether oxygens (including phenoxy) is 1. The molecule has 1 heterocycles. The lowest BCUT2D eigenvalue weighted by Crippen LogP contribution is -2.28. The Morgan fingerprint density at radius 1 is 1.44 bits per heavy atom. The number of amides is 1. The fraction of sp³-hybridized carbons (Fsp3) is 0.500. The predicted molar refractivity (Wildman–Crippen MR) is 65.9 cm³/mol. The van der Waals surface area contributed by atoms with Crippen molar-refractivity contribution in [3.05, 3.63) is 29.8 Å². The van der Waals surface area contributed by atoms with Gasteiger partial charge in [-0.15, -0.1) is 0 Å². The number of carbonyl (C=O) groups excluding carboxylic acids is 1. The molecule has 5 nitrogen and oxygen atoms in total. The van der Waals surface area contributed by atoms with Crippen LogP contribution < -0.4 is 5.32 Å². The maximum Gasteiger partial charge on any atom is 0.252 e. The quantitative estimate of drug-likeness (QED) is 0.570.